The molecule has 144 valence electrons. The molecule has 0 spiro atoms. The van der Waals surface area contributed by atoms with Crippen molar-refractivity contribution >= 4 is 5.91 Å². The number of likely N-dealkylation sites (N-methyl/N-ethyl adjacent to an activating group) is 1. The molecule has 0 aromatic carbocycles. The van der Waals surface area contributed by atoms with Crippen molar-refractivity contribution in [3.63, 3.8) is 0 Å². The second-order valence-electron chi connectivity index (χ2n) is 6.84. The molecule has 4 nitrogen and oxygen atoms in total. The molecule has 0 aliphatic heterocycles. The summed E-state index contributed by atoms with van der Waals surface area (Å²) < 4.78 is 0. The third kappa shape index (κ3) is 19.4. The molecule has 3 N–H and O–H groups in total. The Morgan fingerprint density at radius 2 is 1.21 bits per heavy atom. The van der Waals surface area contributed by atoms with Crippen LogP contribution >= 0.6 is 0 Å². The lowest BCUT2D eigenvalue weighted by molar-refractivity contribution is -0.121. The van der Waals surface area contributed by atoms with Gasteiger partial charge in [0.2, 0.25) is 5.91 Å². The Morgan fingerprint density at radius 1 is 0.667 bits per heavy atom. The van der Waals surface area contributed by atoms with E-state index in [0.29, 0.717) is 6.42 Å². The Hall–Kier alpha value is -0.610. The van der Waals surface area contributed by atoms with Crippen LogP contribution < -0.4 is 16.0 Å². The Bertz CT molecular complexity index is 259. The van der Waals surface area contributed by atoms with Crippen LogP contribution in [-0.4, -0.2) is 39.1 Å². The van der Waals surface area contributed by atoms with Gasteiger partial charge in [-0.15, -0.1) is 0 Å². The van der Waals surface area contributed by atoms with E-state index in [0.717, 1.165) is 32.6 Å². The minimum absolute atomic E-state index is 0.176. The molecule has 0 bridgehead atoms. The molecule has 0 aliphatic carbocycles. The maximum Gasteiger partial charge on any atom is 0.221 e. The zero-order valence-corrected chi connectivity index (χ0v) is 16.4. The van der Waals surface area contributed by atoms with Crippen LogP contribution in [0.5, 0.6) is 0 Å². The summed E-state index contributed by atoms with van der Waals surface area (Å²) in [5.74, 6) is 0.176. The molecule has 0 aromatic heterocycles. The van der Waals surface area contributed by atoms with Crippen LogP contribution in [0.3, 0.4) is 0 Å². The summed E-state index contributed by atoms with van der Waals surface area (Å²) >= 11 is 0. The number of amides is 1. The number of hydrogen-bond acceptors (Lipinski definition) is 3. The molecule has 0 unspecified atom stereocenters. The highest BCUT2D eigenvalue weighted by atomic mass is 16.1. The quantitative estimate of drug-likeness (QED) is 0.311. The van der Waals surface area contributed by atoms with Gasteiger partial charge >= 0.3 is 0 Å². The third-order valence-electron chi connectivity index (χ3n) is 4.43. The number of rotatable bonds is 19. The second-order valence-corrected chi connectivity index (χ2v) is 6.84. The first kappa shape index (κ1) is 23.4. The van der Waals surface area contributed by atoms with Crippen molar-refractivity contribution in [3.8, 4) is 0 Å². The van der Waals surface area contributed by atoms with E-state index in [1.54, 1.807) is 0 Å². The molecule has 0 saturated carbocycles. The van der Waals surface area contributed by atoms with E-state index in [1.807, 2.05) is 7.05 Å². The lowest BCUT2D eigenvalue weighted by Crippen LogP contribution is -2.31. The zero-order valence-electron chi connectivity index (χ0n) is 16.4. The number of unbranched alkanes of at least 4 members (excludes halogenated alkanes) is 11. The van der Waals surface area contributed by atoms with Gasteiger partial charge in [0.15, 0.2) is 0 Å². The molecule has 0 saturated heterocycles. The van der Waals surface area contributed by atoms with Crippen LogP contribution in [0.25, 0.3) is 0 Å². The fourth-order valence-corrected chi connectivity index (χ4v) is 2.82. The Labute approximate surface area is 150 Å². The van der Waals surface area contributed by atoms with Crippen molar-refractivity contribution in [3.05, 3.63) is 0 Å². The van der Waals surface area contributed by atoms with Gasteiger partial charge in [0.1, 0.15) is 0 Å². The van der Waals surface area contributed by atoms with Crippen LogP contribution in [0, 0.1) is 0 Å². The largest absolute Gasteiger partial charge is 0.356 e. The Morgan fingerprint density at radius 3 is 1.75 bits per heavy atom. The molecular formula is C20H43N3O. The monoisotopic (exact) mass is 341 g/mol. The lowest BCUT2D eigenvalue weighted by Gasteiger charge is -2.06. The van der Waals surface area contributed by atoms with E-state index in [1.165, 1.54) is 70.6 Å². The summed E-state index contributed by atoms with van der Waals surface area (Å²) in [4.78, 5) is 11.6. The van der Waals surface area contributed by atoms with Crippen molar-refractivity contribution in [2.24, 2.45) is 0 Å². The van der Waals surface area contributed by atoms with E-state index in [2.05, 4.69) is 22.9 Å². The van der Waals surface area contributed by atoms with Crippen molar-refractivity contribution in [2.45, 2.75) is 90.4 Å². The van der Waals surface area contributed by atoms with Gasteiger partial charge in [-0.25, -0.2) is 0 Å². The Kier molecular flexibility index (Phi) is 19.9. The van der Waals surface area contributed by atoms with Crippen molar-refractivity contribution in [1.82, 2.24) is 16.0 Å². The maximum absolute atomic E-state index is 11.6. The molecule has 0 aromatic rings. The van der Waals surface area contributed by atoms with E-state index in [4.69, 9.17) is 0 Å². The highest BCUT2D eigenvalue weighted by molar-refractivity contribution is 5.75. The highest BCUT2D eigenvalue weighted by Gasteiger charge is 1.99. The SMILES string of the molecule is CCCCCCCCCCCCCCNC(=O)CCNCCNC. The van der Waals surface area contributed by atoms with Gasteiger partial charge in [-0.05, 0) is 13.5 Å². The molecule has 0 atom stereocenters. The first-order valence-corrected chi connectivity index (χ1v) is 10.4. The standard InChI is InChI=1S/C20H43N3O/c1-3-4-5-6-7-8-9-10-11-12-13-14-16-23-20(24)15-17-22-19-18-21-2/h21-22H,3-19H2,1-2H3,(H,23,24). The number of carbonyl (C=O) groups excluding carboxylic acids is 1. The first-order chi connectivity index (χ1) is 11.8. The number of hydrogen-bond donors (Lipinski definition) is 3. The van der Waals surface area contributed by atoms with Gasteiger partial charge in [-0.1, -0.05) is 77.6 Å². The van der Waals surface area contributed by atoms with E-state index in [9.17, 15) is 4.79 Å². The molecule has 1 amide bonds. The van der Waals surface area contributed by atoms with Gasteiger partial charge in [0.05, 0.1) is 0 Å². The van der Waals surface area contributed by atoms with Gasteiger partial charge in [-0.2, -0.15) is 0 Å². The molecule has 0 aliphatic rings. The van der Waals surface area contributed by atoms with Gasteiger partial charge < -0.3 is 16.0 Å². The van der Waals surface area contributed by atoms with Crippen LogP contribution in [0.15, 0.2) is 0 Å². The van der Waals surface area contributed by atoms with Crippen LogP contribution in [-0.2, 0) is 4.79 Å². The predicted octanol–water partition coefficient (Wildman–Crippen LogP) is 4.00. The van der Waals surface area contributed by atoms with Crippen LogP contribution in [0.4, 0.5) is 0 Å². The summed E-state index contributed by atoms with van der Waals surface area (Å²) in [5, 5.41) is 9.33. The topological polar surface area (TPSA) is 53.2 Å². The summed E-state index contributed by atoms with van der Waals surface area (Å²) in [6, 6.07) is 0. The smallest absolute Gasteiger partial charge is 0.221 e. The van der Waals surface area contributed by atoms with Gasteiger partial charge in [-0.3, -0.25) is 4.79 Å². The summed E-state index contributed by atoms with van der Waals surface area (Å²) in [6.07, 6.45) is 16.9. The molecule has 0 fully saturated rings. The van der Waals surface area contributed by atoms with Crippen molar-refractivity contribution < 1.29 is 4.79 Å². The van der Waals surface area contributed by atoms with Crippen LogP contribution in [0.2, 0.25) is 0 Å². The third-order valence-corrected chi connectivity index (χ3v) is 4.43. The maximum atomic E-state index is 11.6. The molecule has 0 radical (unpaired) electrons. The second kappa shape index (κ2) is 20.4. The predicted molar refractivity (Wildman–Crippen MR) is 106 cm³/mol. The highest BCUT2D eigenvalue weighted by Crippen LogP contribution is 2.11. The van der Waals surface area contributed by atoms with Crippen molar-refractivity contribution in [1.29, 1.82) is 0 Å². The number of nitrogens with one attached hydrogen (secondary N) is 3. The molecule has 0 rings (SSSR count). The normalized spacial score (nSPS) is 10.9. The molecule has 4 heteroatoms. The summed E-state index contributed by atoms with van der Waals surface area (Å²) in [5.41, 5.74) is 0. The summed E-state index contributed by atoms with van der Waals surface area (Å²) in [6.45, 7) is 5.75. The number of carbonyl (C=O) groups is 1. The van der Waals surface area contributed by atoms with Gasteiger partial charge in [0, 0.05) is 32.6 Å². The molecule has 24 heavy (non-hydrogen) atoms. The lowest BCUT2D eigenvalue weighted by atomic mass is 10.1. The minimum Gasteiger partial charge on any atom is -0.356 e. The van der Waals surface area contributed by atoms with Gasteiger partial charge in [0.25, 0.3) is 0 Å². The average Bonchev–Trinajstić information content (AvgIpc) is 2.59. The molecule has 0 heterocycles. The zero-order chi connectivity index (χ0) is 17.7. The first-order valence-electron chi connectivity index (χ1n) is 10.4. The fraction of sp³-hybridized carbons (Fsp3) is 0.950. The van der Waals surface area contributed by atoms with E-state index in [-0.39, 0.29) is 5.91 Å². The Balaban J connectivity index is 3.10. The summed E-state index contributed by atoms with van der Waals surface area (Å²) in [7, 11) is 1.93. The van der Waals surface area contributed by atoms with E-state index >= 15 is 0 Å². The minimum atomic E-state index is 0.176. The fourth-order valence-electron chi connectivity index (χ4n) is 2.82. The van der Waals surface area contributed by atoms with Crippen LogP contribution in [0.1, 0.15) is 90.4 Å². The van der Waals surface area contributed by atoms with E-state index < -0.39 is 0 Å². The van der Waals surface area contributed by atoms with Crippen molar-refractivity contribution in [2.75, 3.05) is 33.2 Å². The molecular weight excluding hydrogens is 298 g/mol. The average molecular weight is 342 g/mol.